The standard InChI is InChI=1S/C27H25N3O3/c1-2-33-24-15-13-22(14-16-24)25-17-18-26(31)30(28-25)20-27(32)29(23-11-7-4-8-12-23)19-21-9-5-3-6-10-21/h3-18H,2,19-20H2,1H3. The molecule has 0 saturated heterocycles. The lowest BCUT2D eigenvalue weighted by Gasteiger charge is -2.23. The van der Waals surface area contributed by atoms with Crippen molar-refractivity contribution in [2.45, 2.75) is 20.0 Å². The summed E-state index contributed by atoms with van der Waals surface area (Å²) in [6.07, 6.45) is 0. The Morgan fingerprint density at radius 3 is 2.21 bits per heavy atom. The number of hydrogen-bond donors (Lipinski definition) is 0. The van der Waals surface area contributed by atoms with E-state index in [9.17, 15) is 9.59 Å². The predicted molar refractivity (Wildman–Crippen MR) is 129 cm³/mol. The Kier molecular flexibility index (Phi) is 6.95. The lowest BCUT2D eigenvalue weighted by atomic mass is 10.1. The van der Waals surface area contributed by atoms with E-state index in [1.807, 2.05) is 91.9 Å². The van der Waals surface area contributed by atoms with E-state index in [1.54, 1.807) is 11.0 Å². The van der Waals surface area contributed by atoms with Crippen molar-refractivity contribution in [1.82, 2.24) is 9.78 Å². The van der Waals surface area contributed by atoms with Gasteiger partial charge in [-0.25, -0.2) is 4.68 Å². The van der Waals surface area contributed by atoms with Gasteiger partial charge in [0.2, 0.25) is 5.91 Å². The first-order chi connectivity index (χ1) is 16.1. The summed E-state index contributed by atoms with van der Waals surface area (Å²) in [6.45, 7) is 2.76. The highest BCUT2D eigenvalue weighted by molar-refractivity contribution is 5.93. The Bertz CT molecular complexity index is 1250. The van der Waals surface area contributed by atoms with Gasteiger partial charge in [0.05, 0.1) is 18.8 Å². The van der Waals surface area contributed by atoms with Crippen LogP contribution in [0.4, 0.5) is 5.69 Å². The van der Waals surface area contributed by atoms with Crippen LogP contribution in [-0.2, 0) is 17.9 Å². The van der Waals surface area contributed by atoms with Crippen molar-refractivity contribution in [3.05, 3.63) is 113 Å². The maximum atomic E-state index is 13.3. The Morgan fingerprint density at radius 1 is 0.879 bits per heavy atom. The predicted octanol–water partition coefficient (Wildman–Crippen LogP) is 4.54. The molecule has 6 nitrogen and oxygen atoms in total. The summed E-state index contributed by atoms with van der Waals surface area (Å²) in [5.41, 5.74) is 2.88. The van der Waals surface area contributed by atoms with Gasteiger partial charge in [-0.1, -0.05) is 48.5 Å². The van der Waals surface area contributed by atoms with Crippen molar-refractivity contribution in [3.63, 3.8) is 0 Å². The van der Waals surface area contributed by atoms with Crippen molar-refractivity contribution in [2.24, 2.45) is 0 Å². The molecule has 0 spiro atoms. The van der Waals surface area contributed by atoms with Crippen LogP contribution < -0.4 is 15.2 Å². The number of hydrogen-bond acceptors (Lipinski definition) is 4. The van der Waals surface area contributed by atoms with Crippen LogP contribution in [0.3, 0.4) is 0 Å². The first-order valence-electron chi connectivity index (χ1n) is 10.8. The first kappa shape index (κ1) is 22.0. The number of carbonyl (C=O) groups excluding carboxylic acids is 1. The van der Waals surface area contributed by atoms with Crippen molar-refractivity contribution < 1.29 is 9.53 Å². The number of carbonyl (C=O) groups is 1. The minimum absolute atomic E-state index is 0.161. The maximum Gasteiger partial charge on any atom is 0.267 e. The molecule has 0 aliphatic carbocycles. The van der Waals surface area contributed by atoms with Gasteiger partial charge in [0, 0.05) is 17.3 Å². The number of rotatable bonds is 8. The van der Waals surface area contributed by atoms with Crippen LogP contribution >= 0.6 is 0 Å². The van der Waals surface area contributed by atoms with Gasteiger partial charge in [-0.05, 0) is 55.0 Å². The van der Waals surface area contributed by atoms with E-state index >= 15 is 0 Å². The summed E-state index contributed by atoms with van der Waals surface area (Å²) in [5.74, 6) is 0.549. The minimum atomic E-state index is -0.328. The van der Waals surface area contributed by atoms with E-state index in [0.29, 0.717) is 18.8 Å². The van der Waals surface area contributed by atoms with Crippen LogP contribution in [0.25, 0.3) is 11.3 Å². The molecule has 0 aliphatic heterocycles. The number of ether oxygens (including phenoxy) is 1. The second-order valence-corrected chi connectivity index (χ2v) is 7.47. The molecule has 1 heterocycles. The number of benzene rings is 3. The zero-order valence-electron chi connectivity index (χ0n) is 18.4. The molecule has 4 rings (SSSR count). The summed E-state index contributed by atoms with van der Waals surface area (Å²) in [5, 5.41) is 4.46. The molecule has 0 saturated carbocycles. The highest BCUT2D eigenvalue weighted by atomic mass is 16.5. The lowest BCUT2D eigenvalue weighted by Crippen LogP contribution is -2.37. The Balaban J connectivity index is 1.60. The third kappa shape index (κ3) is 5.54. The normalized spacial score (nSPS) is 10.6. The Morgan fingerprint density at radius 2 is 1.55 bits per heavy atom. The van der Waals surface area contributed by atoms with Crippen molar-refractivity contribution in [3.8, 4) is 17.0 Å². The fraction of sp³-hybridized carbons (Fsp3) is 0.148. The Hall–Kier alpha value is -4.19. The Labute approximate surface area is 192 Å². The third-order valence-electron chi connectivity index (χ3n) is 5.17. The number of para-hydroxylation sites is 1. The third-order valence-corrected chi connectivity index (χ3v) is 5.17. The molecule has 1 amide bonds. The number of anilines is 1. The molecular formula is C27H25N3O3. The van der Waals surface area contributed by atoms with Crippen LogP contribution in [0.1, 0.15) is 12.5 Å². The fourth-order valence-electron chi connectivity index (χ4n) is 3.52. The van der Waals surface area contributed by atoms with E-state index < -0.39 is 0 Å². The highest BCUT2D eigenvalue weighted by Crippen LogP contribution is 2.21. The summed E-state index contributed by atoms with van der Waals surface area (Å²) in [4.78, 5) is 27.5. The second-order valence-electron chi connectivity index (χ2n) is 7.47. The monoisotopic (exact) mass is 439 g/mol. The molecule has 0 aliphatic rings. The van der Waals surface area contributed by atoms with Gasteiger partial charge in [-0.15, -0.1) is 0 Å². The molecule has 0 bridgehead atoms. The SMILES string of the molecule is CCOc1ccc(-c2ccc(=O)n(CC(=O)N(Cc3ccccc3)c3ccccc3)n2)cc1. The summed E-state index contributed by atoms with van der Waals surface area (Å²) in [7, 11) is 0. The van der Waals surface area contributed by atoms with Crippen molar-refractivity contribution >= 4 is 11.6 Å². The molecule has 3 aromatic carbocycles. The van der Waals surface area contributed by atoms with Crippen LogP contribution in [-0.4, -0.2) is 22.3 Å². The largest absolute Gasteiger partial charge is 0.494 e. The number of nitrogens with zero attached hydrogens (tertiary/aromatic N) is 3. The zero-order valence-corrected chi connectivity index (χ0v) is 18.4. The van der Waals surface area contributed by atoms with Crippen molar-refractivity contribution in [2.75, 3.05) is 11.5 Å². The van der Waals surface area contributed by atoms with Crippen LogP contribution in [0.2, 0.25) is 0 Å². The molecule has 6 heteroatoms. The summed E-state index contributed by atoms with van der Waals surface area (Å²) < 4.78 is 6.70. The van der Waals surface area contributed by atoms with E-state index in [-0.39, 0.29) is 18.0 Å². The van der Waals surface area contributed by atoms with Gasteiger partial charge in [0.1, 0.15) is 12.3 Å². The van der Waals surface area contributed by atoms with Crippen LogP contribution in [0, 0.1) is 0 Å². The van der Waals surface area contributed by atoms with Gasteiger partial charge in [0.25, 0.3) is 5.56 Å². The highest BCUT2D eigenvalue weighted by Gasteiger charge is 2.18. The average Bonchev–Trinajstić information content (AvgIpc) is 2.86. The van der Waals surface area contributed by atoms with Gasteiger partial charge < -0.3 is 9.64 Å². The quantitative estimate of drug-likeness (QED) is 0.404. The summed E-state index contributed by atoms with van der Waals surface area (Å²) >= 11 is 0. The lowest BCUT2D eigenvalue weighted by molar-refractivity contribution is -0.119. The van der Waals surface area contributed by atoms with Crippen LogP contribution in [0.15, 0.2) is 102 Å². The molecule has 1 aromatic heterocycles. The van der Waals surface area contributed by atoms with Gasteiger partial charge >= 0.3 is 0 Å². The molecule has 33 heavy (non-hydrogen) atoms. The van der Waals surface area contributed by atoms with Crippen LogP contribution in [0.5, 0.6) is 5.75 Å². The average molecular weight is 440 g/mol. The maximum absolute atomic E-state index is 13.3. The molecule has 4 aromatic rings. The number of amides is 1. The fourth-order valence-corrected chi connectivity index (χ4v) is 3.52. The molecule has 0 N–H and O–H groups in total. The van der Waals surface area contributed by atoms with E-state index in [1.165, 1.54) is 10.7 Å². The number of aromatic nitrogens is 2. The zero-order chi connectivity index (χ0) is 23.0. The second kappa shape index (κ2) is 10.4. The molecule has 0 fully saturated rings. The minimum Gasteiger partial charge on any atom is -0.494 e. The van der Waals surface area contributed by atoms with E-state index in [0.717, 1.165) is 22.6 Å². The topological polar surface area (TPSA) is 64.4 Å². The molecule has 0 unspecified atom stereocenters. The molecule has 0 radical (unpaired) electrons. The van der Waals surface area contributed by atoms with E-state index in [2.05, 4.69) is 5.10 Å². The molecule has 166 valence electrons. The smallest absolute Gasteiger partial charge is 0.267 e. The molecular weight excluding hydrogens is 414 g/mol. The van der Waals surface area contributed by atoms with E-state index in [4.69, 9.17) is 4.74 Å². The first-order valence-corrected chi connectivity index (χ1v) is 10.8. The van der Waals surface area contributed by atoms with Gasteiger partial charge in [-0.3, -0.25) is 9.59 Å². The van der Waals surface area contributed by atoms with Gasteiger partial charge in [-0.2, -0.15) is 5.10 Å². The molecule has 0 atom stereocenters. The summed E-state index contributed by atoms with van der Waals surface area (Å²) in [6, 6.07) is 29.8. The van der Waals surface area contributed by atoms with Crippen molar-refractivity contribution in [1.29, 1.82) is 0 Å². The van der Waals surface area contributed by atoms with Gasteiger partial charge in [0.15, 0.2) is 0 Å².